The summed E-state index contributed by atoms with van der Waals surface area (Å²) in [5.41, 5.74) is 0.844. The Kier molecular flexibility index (Phi) is 8.51. The van der Waals surface area contributed by atoms with Crippen LogP contribution >= 0.6 is 0 Å². The quantitative estimate of drug-likeness (QED) is 0.135. The van der Waals surface area contributed by atoms with Crippen molar-refractivity contribution in [1.29, 1.82) is 0 Å². The molecular formula is C32H28F2O7S. The van der Waals surface area contributed by atoms with Gasteiger partial charge in [0, 0.05) is 0 Å². The van der Waals surface area contributed by atoms with E-state index < -0.39 is 52.7 Å². The average Bonchev–Trinajstić information content (AvgIpc) is 3.22. The van der Waals surface area contributed by atoms with Crippen LogP contribution < -0.4 is 0 Å². The molecule has 1 aliphatic heterocycles. The van der Waals surface area contributed by atoms with Crippen LogP contribution in [-0.4, -0.2) is 51.7 Å². The van der Waals surface area contributed by atoms with Crippen LogP contribution in [0, 0.1) is 0 Å². The fourth-order valence-electron chi connectivity index (χ4n) is 4.96. The van der Waals surface area contributed by atoms with E-state index in [0.29, 0.717) is 22.9 Å². The van der Waals surface area contributed by atoms with Gasteiger partial charge in [-0.05, 0) is 28.8 Å². The summed E-state index contributed by atoms with van der Waals surface area (Å²) in [6.07, 6.45) is -5.73. The molecule has 1 fully saturated rings. The highest BCUT2D eigenvalue weighted by atomic mass is 32.2. The van der Waals surface area contributed by atoms with Gasteiger partial charge in [-0.1, -0.05) is 109 Å². The molecule has 0 saturated carbocycles. The number of rotatable bonds is 10. The largest absolute Gasteiger partial charge is 0.449 e. The molecule has 1 unspecified atom stereocenters. The third kappa shape index (κ3) is 6.12. The number of hydrogen-bond donors (Lipinski definition) is 0. The first-order chi connectivity index (χ1) is 20.1. The molecule has 10 heteroatoms. The summed E-state index contributed by atoms with van der Waals surface area (Å²) in [5, 5.41) is 0. The second kappa shape index (κ2) is 12.1. The Morgan fingerprint density at radius 2 is 1.21 bits per heavy atom. The molecule has 3 atom stereocenters. The maximum atomic E-state index is 15.7. The van der Waals surface area contributed by atoms with Crippen LogP contribution in [0.15, 0.2) is 121 Å². The van der Waals surface area contributed by atoms with Gasteiger partial charge in [-0.2, -0.15) is 17.2 Å². The SMILES string of the molecule is CS(=O)(=O)OC1O[C@H](COC(c2ccccc2)(c2ccccc2)c2ccccc2)[C@@H](OC(=O)c2ccccc2)C1(F)F. The summed E-state index contributed by atoms with van der Waals surface area (Å²) in [5.74, 6) is -5.06. The lowest BCUT2D eigenvalue weighted by molar-refractivity contribution is -0.184. The molecule has 5 rings (SSSR count). The van der Waals surface area contributed by atoms with E-state index in [-0.39, 0.29) is 5.56 Å². The van der Waals surface area contributed by atoms with Crippen LogP contribution in [0.3, 0.4) is 0 Å². The van der Waals surface area contributed by atoms with E-state index in [1.54, 1.807) is 18.2 Å². The first-order valence-corrected chi connectivity index (χ1v) is 14.9. The number of hydrogen-bond acceptors (Lipinski definition) is 7. The molecule has 0 radical (unpaired) electrons. The minimum absolute atomic E-state index is 0.0349. The Morgan fingerprint density at radius 1 is 0.786 bits per heavy atom. The van der Waals surface area contributed by atoms with E-state index in [9.17, 15) is 13.2 Å². The van der Waals surface area contributed by atoms with Crippen molar-refractivity contribution in [3.8, 4) is 0 Å². The monoisotopic (exact) mass is 594 g/mol. The van der Waals surface area contributed by atoms with E-state index in [2.05, 4.69) is 4.18 Å². The van der Waals surface area contributed by atoms with Gasteiger partial charge in [-0.15, -0.1) is 0 Å². The normalized spacial score (nSPS) is 20.2. The topological polar surface area (TPSA) is 88.1 Å². The highest BCUT2D eigenvalue weighted by Crippen LogP contribution is 2.44. The molecule has 218 valence electrons. The molecule has 0 amide bonds. The number of esters is 1. The van der Waals surface area contributed by atoms with Gasteiger partial charge < -0.3 is 14.2 Å². The van der Waals surface area contributed by atoms with Crippen molar-refractivity contribution in [3.05, 3.63) is 144 Å². The zero-order valence-corrected chi connectivity index (χ0v) is 23.3. The minimum Gasteiger partial charge on any atom is -0.449 e. The van der Waals surface area contributed by atoms with Crippen molar-refractivity contribution >= 4 is 16.1 Å². The number of halogens is 2. The minimum atomic E-state index is -4.36. The Morgan fingerprint density at radius 3 is 1.64 bits per heavy atom. The van der Waals surface area contributed by atoms with Crippen molar-refractivity contribution in [2.24, 2.45) is 0 Å². The van der Waals surface area contributed by atoms with Crippen molar-refractivity contribution < 1.29 is 40.4 Å². The molecule has 0 N–H and O–H groups in total. The lowest BCUT2D eigenvalue weighted by atomic mass is 9.80. The molecule has 4 aromatic rings. The van der Waals surface area contributed by atoms with Gasteiger partial charge in [0.15, 0.2) is 6.10 Å². The van der Waals surface area contributed by atoms with E-state index in [4.69, 9.17) is 14.2 Å². The molecule has 0 aromatic heterocycles. The second-order valence-corrected chi connectivity index (χ2v) is 11.4. The summed E-state index contributed by atoms with van der Waals surface area (Å²) in [6.45, 7) is -0.523. The smallest absolute Gasteiger partial charge is 0.338 e. The lowest BCUT2D eigenvalue weighted by Crippen LogP contribution is -2.46. The van der Waals surface area contributed by atoms with Crippen molar-refractivity contribution in [1.82, 2.24) is 0 Å². The van der Waals surface area contributed by atoms with Crippen LogP contribution in [0.2, 0.25) is 0 Å². The first-order valence-electron chi connectivity index (χ1n) is 13.1. The predicted molar refractivity (Wildman–Crippen MR) is 150 cm³/mol. The van der Waals surface area contributed by atoms with Gasteiger partial charge in [0.05, 0.1) is 18.4 Å². The number of benzene rings is 4. The third-order valence-corrected chi connectivity index (χ3v) is 7.36. The zero-order valence-electron chi connectivity index (χ0n) is 22.5. The average molecular weight is 595 g/mol. The summed E-state index contributed by atoms with van der Waals surface area (Å²) in [7, 11) is -4.36. The van der Waals surface area contributed by atoms with E-state index in [1.807, 2.05) is 91.0 Å². The van der Waals surface area contributed by atoms with Crippen molar-refractivity contribution in [3.63, 3.8) is 0 Å². The maximum Gasteiger partial charge on any atom is 0.338 e. The zero-order chi connectivity index (χ0) is 29.8. The molecule has 0 aliphatic carbocycles. The Hall–Kier alpha value is -3.96. The van der Waals surface area contributed by atoms with E-state index in [0.717, 1.165) is 0 Å². The van der Waals surface area contributed by atoms with Crippen LogP contribution in [0.25, 0.3) is 0 Å². The maximum absolute atomic E-state index is 15.7. The standard InChI is InChI=1S/C32H28F2O7S/c1-42(36,37)41-30-32(33,34)28(40-29(35)23-14-6-2-7-15-23)27(39-30)22-38-31(24-16-8-3-9-17-24,25-18-10-4-11-19-25)26-20-12-5-13-21-26/h2-21,27-28,30H,22H2,1H3/t27-,28-,30?/m1/s1. The van der Waals surface area contributed by atoms with E-state index >= 15 is 8.78 Å². The highest BCUT2D eigenvalue weighted by molar-refractivity contribution is 7.86. The number of alkyl halides is 2. The predicted octanol–water partition coefficient (Wildman–Crippen LogP) is 5.56. The molecule has 4 aromatic carbocycles. The van der Waals surface area contributed by atoms with Gasteiger partial charge >= 0.3 is 11.9 Å². The second-order valence-electron chi connectivity index (χ2n) is 9.76. The number of ether oxygens (including phenoxy) is 3. The molecule has 0 bridgehead atoms. The Bertz CT molecular complexity index is 1490. The van der Waals surface area contributed by atoms with Crippen molar-refractivity contribution in [2.45, 2.75) is 30.0 Å². The molecule has 42 heavy (non-hydrogen) atoms. The molecule has 0 spiro atoms. The summed E-state index contributed by atoms with van der Waals surface area (Å²) in [4.78, 5) is 12.9. The molecule has 1 heterocycles. The third-order valence-electron chi connectivity index (χ3n) is 6.84. The van der Waals surface area contributed by atoms with Crippen LogP contribution in [-0.2, 0) is 34.1 Å². The summed E-state index contributed by atoms with van der Waals surface area (Å²) >= 11 is 0. The lowest BCUT2D eigenvalue weighted by Gasteiger charge is -2.37. The van der Waals surface area contributed by atoms with Crippen molar-refractivity contribution in [2.75, 3.05) is 12.9 Å². The van der Waals surface area contributed by atoms with Gasteiger partial charge in [-0.3, -0.25) is 0 Å². The van der Waals surface area contributed by atoms with Gasteiger partial charge in [0.25, 0.3) is 10.1 Å². The van der Waals surface area contributed by atoms with Crippen LogP contribution in [0.5, 0.6) is 0 Å². The molecular weight excluding hydrogens is 566 g/mol. The van der Waals surface area contributed by atoms with Gasteiger partial charge in [-0.25, -0.2) is 8.98 Å². The fraction of sp³-hybridized carbons (Fsp3) is 0.219. The molecule has 1 saturated heterocycles. The van der Waals surface area contributed by atoms with E-state index in [1.165, 1.54) is 12.1 Å². The van der Waals surface area contributed by atoms with Gasteiger partial charge in [0.1, 0.15) is 11.7 Å². The van der Waals surface area contributed by atoms with Crippen LogP contribution in [0.1, 0.15) is 27.0 Å². The summed E-state index contributed by atoms with van der Waals surface area (Å²) < 4.78 is 76.9. The highest BCUT2D eigenvalue weighted by Gasteiger charge is 2.63. The van der Waals surface area contributed by atoms with Gasteiger partial charge in [0.2, 0.25) is 6.29 Å². The molecule has 7 nitrogen and oxygen atoms in total. The summed E-state index contributed by atoms with van der Waals surface area (Å²) in [6, 6.07) is 35.3. The number of carbonyl (C=O) groups is 1. The Balaban J connectivity index is 1.56. The fourth-order valence-corrected chi connectivity index (χ4v) is 5.45. The molecule has 1 aliphatic rings. The van der Waals surface area contributed by atoms with Crippen LogP contribution in [0.4, 0.5) is 8.78 Å². The number of carbonyl (C=O) groups excluding carboxylic acids is 1. The Labute approximate surface area is 242 Å². The first kappa shape index (κ1) is 29.5.